The maximum Gasteiger partial charge on any atom is 0.410 e. The molecule has 1 saturated heterocycles. The van der Waals surface area contributed by atoms with Crippen LogP contribution in [0.5, 0.6) is 5.75 Å². The summed E-state index contributed by atoms with van der Waals surface area (Å²) in [6, 6.07) is 5.88. The summed E-state index contributed by atoms with van der Waals surface area (Å²) in [6.45, 7) is -0.0628. The lowest BCUT2D eigenvalue weighted by atomic mass is 10.3. The molecular weight excluding hydrogens is 298 g/mol. The van der Waals surface area contributed by atoms with Crippen LogP contribution >= 0.6 is 0 Å². The normalized spacial score (nSPS) is 22.1. The number of amides is 1. The quantitative estimate of drug-likeness (QED) is 0.879. The highest BCUT2D eigenvalue weighted by Gasteiger charge is 2.43. The average Bonchev–Trinajstić information content (AvgIpc) is 2.89. The number of ether oxygens (including phenoxy) is 2. The second-order valence-electron chi connectivity index (χ2n) is 4.69. The van der Waals surface area contributed by atoms with E-state index in [1.54, 1.807) is 0 Å². The molecule has 1 aliphatic rings. The predicted octanol–water partition coefficient (Wildman–Crippen LogP) is 0.628. The minimum Gasteiger partial charge on any atom is -0.497 e. The van der Waals surface area contributed by atoms with Gasteiger partial charge >= 0.3 is 6.09 Å². The van der Waals surface area contributed by atoms with Crippen molar-refractivity contribution in [2.24, 2.45) is 0 Å². The molecule has 1 fully saturated rings. The van der Waals surface area contributed by atoms with Crippen molar-refractivity contribution in [3.63, 3.8) is 0 Å². The lowest BCUT2D eigenvalue weighted by Gasteiger charge is -2.22. The Morgan fingerprint density at radius 3 is 2.43 bits per heavy atom. The van der Waals surface area contributed by atoms with Gasteiger partial charge in [-0.05, 0) is 24.3 Å². The van der Waals surface area contributed by atoms with Crippen molar-refractivity contribution >= 4 is 15.9 Å². The fourth-order valence-electron chi connectivity index (χ4n) is 2.31. The lowest BCUT2D eigenvalue weighted by Crippen LogP contribution is -2.40. The minimum absolute atomic E-state index is 0.0382. The minimum atomic E-state index is -3.79. The van der Waals surface area contributed by atoms with E-state index >= 15 is 0 Å². The first kappa shape index (κ1) is 15.6. The van der Waals surface area contributed by atoms with Crippen LogP contribution in [0.25, 0.3) is 0 Å². The molecule has 0 saturated carbocycles. The molecule has 1 aliphatic heterocycles. The summed E-state index contributed by atoms with van der Waals surface area (Å²) in [5.74, 6) is 0.533. The van der Waals surface area contributed by atoms with Crippen LogP contribution in [0.15, 0.2) is 29.2 Å². The van der Waals surface area contributed by atoms with Gasteiger partial charge in [0.2, 0.25) is 0 Å². The number of aliphatic hydroxyl groups excluding tert-OH is 1. The number of sulfone groups is 1. The molecule has 2 rings (SSSR count). The van der Waals surface area contributed by atoms with E-state index < -0.39 is 27.4 Å². The van der Waals surface area contributed by atoms with E-state index in [9.17, 15) is 18.3 Å². The van der Waals surface area contributed by atoms with Crippen molar-refractivity contribution in [1.82, 2.24) is 4.90 Å². The fourth-order valence-corrected chi connectivity index (χ4v) is 4.12. The number of carbonyl (C=O) groups is 1. The van der Waals surface area contributed by atoms with Crippen molar-refractivity contribution in [2.45, 2.75) is 22.8 Å². The summed E-state index contributed by atoms with van der Waals surface area (Å²) in [7, 11) is -1.14. The van der Waals surface area contributed by atoms with Gasteiger partial charge in [0.15, 0.2) is 9.84 Å². The van der Waals surface area contributed by atoms with E-state index in [-0.39, 0.29) is 17.9 Å². The van der Waals surface area contributed by atoms with E-state index in [0.717, 1.165) is 4.90 Å². The molecule has 1 aromatic carbocycles. The SMILES string of the molecule is COC(=O)N1C[C@H](O)C[C@H]1S(=O)(=O)c1ccc(OC)cc1. The second kappa shape index (κ2) is 5.90. The zero-order valence-electron chi connectivity index (χ0n) is 11.7. The topological polar surface area (TPSA) is 93.1 Å². The maximum absolute atomic E-state index is 12.6. The number of carbonyl (C=O) groups excluding carboxylic acids is 1. The number of methoxy groups -OCH3 is 2. The van der Waals surface area contributed by atoms with E-state index in [0.29, 0.717) is 5.75 Å². The molecule has 1 amide bonds. The van der Waals surface area contributed by atoms with Crippen LogP contribution in [0.3, 0.4) is 0 Å². The molecule has 0 unspecified atom stereocenters. The highest BCUT2D eigenvalue weighted by Crippen LogP contribution is 2.29. The molecule has 0 radical (unpaired) electrons. The number of nitrogens with zero attached hydrogens (tertiary/aromatic N) is 1. The van der Waals surface area contributed by atoms with E-state index in [2.05, 4.69) is 4.74 Å². The average molecular weight is 315 g/mol. The van der Waals surface area contributed by atoms with Crippen LogP contribution in [-0.2, 0) is 14.6 Å². The third-order valence-corrected chi connectivity index (χ3v) is 5.48. The fraction of sp³-hybridized carbons (Fsp3) is 0.462. The van der Waals surface area contributed by atoms with Gasteiger partial charge in [0.25, 0.3) is 0 Å². The van der Waals surface area contributed by atoms with Gasteiger partial charge in [0.1, 0.15) is 11.1 Å². The van der Waals surface area contributed by atoms with E-state index in [4.69, 9.17) is 4.74 Å². The van der Waals surface area contributed by atoms with Gasteiger partial charge in [-0.3, -0.25) is 4.90 Å². The summed E-state index contributed by atoms with van der Waals surface area (Å²) in [4.78, 5) is 12.8. The summed E-state index contributed by atoms with van der Waals surface area (Å²) in [5, 5.41) is 8.54. The molecular formula is C13H17NO6S. The highest BCUT2D eigenvalue weighted by atomic mass is 32.2. The van der Waals surface area contributed by atoms with Gasteiger partial charge in [0.05, 0.1) is 31.8 Å². The summed E-state index contributed by atoms with van der Waals surface area (Å²) >= 11 is 0. The van der Waals surface area contributed by atoms with Gasteiger partial charge in [-0.25, -0.2) is 13.2 Å². The smallest absolute Gasteiger partial charge is 0.410 e. The Hall–Kier alpha value is -1.80. The van der Waals surface area contributed by atoms with Crippen molar-refractivity contribution in [3.8, 4) is 5.75 Å². The van der Waals surface area contributed by atoms with Crippen LogP contribution in [0.4, 0.5) is 4.79 Å². The maximum atomic E-state index is 12.6. The molecule has 21 heavy (non-hydrogen) atoms. The number of benzene rings is 1. The standard InChI is InChI=1S/C13H17NO6S/c1-19-10-3-5-11(6-4-10)21(17,18)12-7-9(15)8-14(12)13(16)20-2/h3-6,9,12,15H,7-8H2,1-2H3/t9-,12-/m1/s1. The van der Waals surface area contributed by atoms with Crippen LogP contribution in [0.2, 0.25) is 0 Å². The number of hydrogen-bond donors (Lipinski definition) is 1. The van der Waals surface area contributed by atoms with Crippen LogP contribution < -0.4 is 4.74 Å². The summed E-state index contributed by atoms with van der Waals surface area (Å²) < 4.78 is 34.8. The predicted molar refractivity (Wildman–Crippen MR) is 73.7 cm³/mol. The number of likely N-dealkylation sites (tertiary alicyclic amines) is 1. The second-order valence-corrected chi connectivity index (χ2v) is 6.79. The first-order valence-corrected chi connectivity index (χ1v) is 7.85. The van der Waals surface area contributed by atoms with Gasteiger partial charge in [-0.2, -0.15) is 0 Å². The van der Waals surface area contributed by atoms with Gasteiger partial charge in [-0.1, -0.05) is 0 Å². The molecule has 116 valence electrons. The molecule has 1 aromatic rings. The Bertz CT molecular complexity index is 612. The molecule has 0 aliphatic carbocycles. The van der Waals surface area contributed by atoms with Crippen molar-refractivity contribution in [3.05, 3.63) is 24.3 Å². The van der Waals surface area contributed by atoms with Gasteiger partial charge in [0, 0.05) is 6.42 Å². The molecule has 0 bridgehead atoms. The highest BCUT2D eigenvalue weighted by molar-refractivity contribution is 7.92. The first-order valence-electron chi connectivity index (χ1n) is 6.30. The Morgan fingerprint density at radius 2 is 1.90 bits per heavy atom. The van der Waals surface area contributed by atoms with E-state index in [1.165, 1.54) is 38.5 Å². The van der Waals surface area contributed by atoms with Crippen molar-refractivity contribution in [1.29, 1.82) is 0 Å². The monoisotopic (exact) mass is 315 g/mol. The van der Waals surface area contributed by atoms with E-state index in [1.807, 2.05) is 0 Å². The zero-order chi connectivity index (χ0) is 15.6. The summed E-state index contributed by atoms with van der Waals surface area (Å²) in [5.41, 5.74) is 0. The van der Waals surface area contributed by atoms with Gasteiger partial charge < -0.3 is 14.6 Å². The number of hydrogen-bond acceptors (Lipinski definition) is 6. The molecule has 7 nitrogen and oxygen atoms in total. The van der Waals surface area contributed by atoms with Crippen molar-refractivity contribution < 1.29 is 27.8 Å². The summed E-state index contributed by atoms with van der Waals surface area (Å²) in [6.07, 6.45) is -1.69. The molecule has 1 heterocycles. The van der Waals surface area contributed by atoms with Crippen LogP contribution in [0, 0.1) is 0 Å². The molecule has 0 aromatic heterocycles. The Morgan fingerprint density at radius 1 is 1.29 bits per heavy atom. The largest absolute Gasteiger partial charge is 0.497 e. The number of aliphatic hydroxyl groups is 1. The third-order valence-electron chi connectivity index (χ3n) is 3.38. The third kappa shape index (κ3) is 2.96. The first-order chi connectivity index (χ1) is 9.90. The Labute approximate surface area is 123 Å². The zero-order valence-corrected chi connectivity index (χ0v) is 12.5. The molecule has 8 heteroatoms. The van der Waals surface area contributed by atoms with Crippen molar-refractivity contribution in [2.75, 3.05) is 20.8 Å². The molecule has 0 spiro atoms. The Balaban J connectivity index is 2.34. The number of β-amino-alcohol motifs (C(OH)–C–C–N with tert-alkyl or cyclic N) is 1. The van der Waals surface area contributed by atoms with Crippen LogP contribution in [0.1, 0.15) is 6.42 Å². The molecule has 1 N–H and O–H groups in total. The Kier molecular flexibility index (Phi) is 4.38. The molecule has 2 atom stereocenters. The van der Waals surface area contributed by atoms with Crippen LogP contribution in [-0.4, -0.2) is 56.8 Å². The van der Waals surface area contributed by atoms with Gasteiger partial charge in [-0.15, -0.1) is 0 Å². The number of rotatable bonds is 3. The lowest BCUT2D eigenvalue weighted by molar-refractivity contribution is 0.119.